The molecule has 16 heavy (non-hydrogen) atoms. The van der Waals surface area contributed by atoms with E-state index in [2.05, 4.69) is 4.98 Å². The van der Waals surface area contributed by atoms with Gasteiger partial charge in [0.2, 0.25) is 6.20 Å². The van der Waals surface area contributed by atoms with Gasteiger partial charge in [0.25, 0.3) is 0 Å². The van der Waals surface area contributed by atoms with E-state index in [1.807, 2.05) is 42.5 Å². The molecule has 1 heterocycles. The largest absolute Gasteiger partial charge is 0.361 e. The molecule has 4 nitrogen and oxygen atoms in total. The molecule has 0 saturated carbocycles. The van der Waals surface area contributed by atoms with Crippen molar-refractivity contribution in [2.45, 2.75) is 0 Å². The molecule has 0 fully saturated rings. The molecule has 0 aliphatic carbocycles. The summed E-state index contributed by atoms with van der Waals surface area (Å²) >= 11 is 0. The Balaban J connectivity index is 2.49. The van der Waals surface area contributed by atoms with Crippen molar-refractivity contribution in [2.75, 3.05) is 0 Å². The first-order chi connectivity index (χ1) is 7.77. The lowest BCUT2D eigenvalue weighted by Crippen LogP contribution is -1.93. The average molecular weight is 214 g/mol. The second-order valence-electron chi connectivity index (χ2n) is 3.28. The highest BCUT2D eigenvalue weighted by Gasteiger charge is 2.09. The van der Waals surface area contributed by atoms with Crippen LogP contribution in [-0.4, -0.2) is 9.91 Å². The summed E-state index contributed by atoms with van der Waals surface area (Å²) < 4.78 is 0. The van der Waals surface area contributed by atoms with Crippen LogP contribution in [0.1, 0.15) is 11.3 Å². The maximum Gasteiger partial charge on any atom is 0.244 e. The average Bonchev–Trinajstić information content (AvgIpc) is 2.80. The van der Waals surface area contributed by atoms with E-state index in [0.29, 0.717) is 5.57 Å². The van der Waals surface area contributed by atoms with Crippen molar-refractivity contribution in [3.05, 3.63) is 76.2 Å². The Morgan fingerprint density at radius 1 is 1.19 bits per heavy atom. The smallest absolute Gasteiger partial charge is 0.244 e. The van der Waals surface area contributed by atoms with Crippen molar-refractivity contribution in [2.24, 2.45) is 0 Å². The molecule has 0 atom stereocenters. The Hall–Kier alpha value is -2.36. The fraction of sp³-hybridized carbons (Fsp3) is 0. The van der Waals surface area contributed by atoms with Crippen LogP contribution < -0.4 is 0 Å². The molecule has 0 bridgehead atoms. The standard InChI is InChI=1S/C12H10N2O2/c15-14(16)9-11(12-7-4-8-13-12)10-5-2-1-3-6-10/h1-9,13H. The fourth-order valence-electron chi connectivity index (χ4n) is 1.52. The number of H-pyrrole nitrogens is 1. The molecule has 0 aliphatic rings. The van der Waals surface area contributed by atoms with Crippen LogP contribution in [0.3, 0.4) is 0 Å². The third kappa shape index (κ3) is 2.17. The zero-order valence-electron chi connectivity index (χ0n) is 8.46. The predicted molar refractivity (Wildman–Crippen MR) is 61.3 cm³/mol. The van der Waals surface area contributed by atoms with Crippen LogP contribution in [0.2, 0.25) is 0 Å². The Bertz CT molecular complexity index is 501. The van der Waals surface area contributed by atoms with Gasteiger partial charge in [-0.1, -0.05) is 30.3 Å². The van der Waals surface area contributed by atoms with Gasteiger partial charge in [0.15, 0.2) is 0 Å². The lowest BCUT2D eigenvalue weighted by atomic mass is 10.0. The quantitative estimate of drug-likeness (QED) is 0.630. The van der Waals surface area contributed by atoms with Gasteiger partial charge in [-0.15, -0.1) is 0 Å². The molecule has 1 aromatic heterocycles. The molecule has 0 saturated heterocycles. The van der Waals surface area contributed by atoms with Crippen LogP contribution >= 0.6 is 0 Å². The molecular formula is C12H10N2O2. The highest BCUT2D eigenvalue weighted by molar-refractivity contribution is 5.77. The number of nitrogens with zero attached hydrogens (tertiary/aromatic N) is 1. The molecular weight excluding hydrogens is 204 g/mol. The van der Waals surface area contributed by atoms with Crippen molar-refractivity contribution in [1.29, 1.82) is 0 Å². The Labute approximate surface area is 92.4 Å². The van der Waals surface area contributed by atoms with Gasteiger partial charge in [-0.05, 0) is 17.7 Å². The van der Waals surface area contributed by atoms with Crippen LogP contribution in [0, 0.1) is 10.1 Å². The van der Waals surface area contributed by atoms with Crippen LogP contribution in [0.4, 0.5) is 0 Å². The summed E-state index contributed by atoms with van der Waals surface area (Å²) in [7, 11) is 0. The zero-order valence-corrected chi connectivity index (χ0v) is 8.46. The topological polar surface area (TPSA) is 58.9 Å². The highest BCUT2D eigenvalue weighted by atomic mass is 16.6. The van der Waals surface area contributed by atoms with Crippen molar-refractivity contribution < 1.29 is 4.92 Å². The number of rotatable bonds is 3. The first-order valence-corrected chi connectivity index (χ1v) is 4.82. The predicted octanol–water partition coefficient (Wildman–Crippen LogP) is 2.68. The van der Waals surface area contributed by atoms with Crippen molar-refractivity contribution in [1.82, 2.24) is 4.98 Å². The first-order valence-electron chi connectivity index (χ1n) is 4.82. The van der Waals surface area contributed by atoms with E-state index >= 15 is 0 Å². The van der Waals surface area contributed by atoms with Gasteiger partial charge in [-0.3, -0.25) is 10.1 Å². The lowest BCUT2D eigenvalue weighted by Gasteiger charge is -2.02. The number of hydrogen-bond donors (Lipinski definition) is 1. The molecule has 4 heteroatoms. The Morgan fingerprint density at radius 2 is 1.94 bits per heavy atom. The summed E-state index contributed by atoms with van der Waals surface area (Å²) in [5, 5.41) is 10.6. The minimum absolute atomic E-state index is 0.441. The van der Waals surface area contributed by atoms with Gasteiger partial charge >= 0.3 is 0 Å². The summed E-state index contributed by atoms with van der Waals surface area (Å²) in [4.78, 5) is 13.1. The molecule has 0 radical (unpaired) electrons. The number of aromatic amines is 1. The summed E-state index contributed by atoms with van der Waals surface area (Å²) in [6.07, 6.45) is 2.76. The van der Waals surface area contributed by atoms with Crippen molar-refractivity contribution in [3.8, 4) is 0 Å². The minimum atomic E-state index is -0.441. The minimum Gasteiger partial charge on any atom is -0.361 e. The van der Waals surface area contributed by atoms with E-state index in [0.717, 1.165) is 17.5 Å². The molecule has 0 aliphatic heterocycles. The number of nitro groups is 1. The van der Waals surface area contributed by atoms with Gasteiger partial charge in [0.1, 0.15) is 0 Å². The van der Waals surface area contributed by atoms with Crippen molar-refractivity contribution >= 4 is 5.57 Å². The van der Waals surface area contributed by atoms with Gasteiger partial charge in [-0.25, -0.2) is 0 Å². The molecule has 2 rings (SSSR count). The van der Waals surface area contributed by atoms with Gasteiger partial charge < -0.3 is 4.98 Å². The summed E-state index contributed by atoms with van der Waals surface area (Å²) in [5.41, 5.74) is 2.14. The number of nitrogens with one attached hydrogen (secondary N) is 1. The van der Waals surface area contributed by atoms with Gasteiger partial charge in [0, 0.05) is 6.20 Å². The van der Waals surface area contributed by atoms with Gasteiger partial charge in [0.05, 0.1) is 16.2 Å². The van der Waals surface area contributed by atoms with E-state index in [1.54, 1.807) is 6.20 Å². The molecule has 0 spiro atoms. The van der Waals surface area contributed by atoms with E-state index in [9.17, 15) is 10.1 Å². The third-order valence-corrected chi connectivity index (χ3v) is 2.21. The Kier molecular flexibility index (Phi) is 2.82. The normalized spacial score (nSPS) is 11.4. The zero-order chi connectivity index (χ0) is 11.4. The number of aromatic nitrogens is 1. The second-order valence-corrected chi connectivity index (χ2v) is 3.28. The van der Waals surface area contributed by atoms with E-state index in [-0.39, 0.29) is 0 Å². The monoisotopic (exact) mass is 214 g/mol. The lowest BCUT2D eigenvalue weighted by molar-refractivity contribution is -0.401. The summed E-state index contributed by atoms with van der Waals surface area (Å²) in [5.74, 6) is 0. The van der Waals surface area contributed by atoms with Crippen LogP contribution in [-0.2, 0) is 0 Å². The summed E-state index contributed by atoms with van der Waals surface area (Å²) in [6.45, 7) is 0. The molecule has 2 aromatic rings. The van der Waals surface area contributed by atoms with Crippen LogP contribution in [0.15, 0.2) is 54.9 Å². The maximum atomic E-state index is 10.6. The molecule has 80 valence electrons. The third-order valence-electron chi connectivity index (χ3n) is 2.21. The molecule has 1 aromatic carbocycles. The SMILES string of the molecule is O=[N+]([O-])C=C(c1ccccc1)c1ccc[nH]1. The van der Waals surface area contributed by atoms with E-state index in [4.69, 9.17) is 0 Å². The molecule has 0 unspecified atom stereocenters. The first kappa shape index (κ1) is 10.2. The molecule has 0 amide bonds. The van der Waals surface area contributed by atoms with Crippen LogP contribution in [0.25, 0.3) is 5.57 Å². The van der Waals surface area contributed by atoms with E-state index < -0.39 is 4.92 Å². The number of benzene rings is 1. The highest BCUT2D eigenvalue weighted by Crippen LogP contribution is 2.21. The Morgan fingerprint density at radius 3 is 2.50 bits per heavy atom. The summed E-state index contributed by atoms with van der Waals surface area (Å²) in [6, 6.07) is 12.9. The maximum absolute atomic E-state index is 10.6. The molecule has 1 N–H and O–H groups in total. The fourth-order valence-corrected chi connectivity index (χ4v) is 1.52. The van der Waals surface area contributed by atoms with Gasteiger partial charge in [-0.2, -0.15) is 0 Å². The van der Waals surface area contributed by atoms with Crippen molar-refractivity contribution in [3.63, 3.8) is 0 Å². The number of hydrogen-bond acceptors (Lipinski definition) is 2. The second kappa shape index (κ2) is 4.44. The van der Waals surface area contributed by atoms with Crippen LogP contribution in [0.5, 0.6) is 0 Å². The van der Waals surface area contributed by atoms with E-state index in [1.165, 1.54) is 0 Å².